The molecular weight excluding hydrogens is 791 g/mol. The van der Waals surface area contributed by atoms with E-state index in [2.05, 4.69) is 90.8 Å². The van der Waals surface area contributed by atoms with Gasteiger partial charge in [-0.2, -0.15) is 15.3 Å². The minimum atomic E-state index is -2.91. The molecule has 0 spiro atoms. The number of imidazole rings is 1. The molecule has 1 aliphatic carbocycles. The molecule has 0 radical (unpaired) electrons. The SMILES string of the molecule is C1=CCC=C1.C1=CN=NC1.C1=COCO1.CC.CC.CC.CC.CC.CC.CC.CC.N=CC=NS.O=S1(=O)C=CC=C1.O=c1[nH]cco1.c1c[nH]cn1.c1cn[nH]c1. The number of nitrogens with zero attached hydrogens (tertiary/aromatic N) is 5. The van der Waals surface area contributed by atoms with Gasteiger partial charge in [-0.25, -0.2) is 22.6 Å². The minimum absolute atomic E-state index is 0.389. The first kappa shape index (κ1) is 74.7. The Morgan fingerprint density at radius 3 is 1.42 bits per heavy atom. The van der Waals surface area contributed by atoms with Crippen LogP contribution in [0.3, 0.4) is 0 Å². The first-order valence-electron chi connectivity index (χ1n) is 20.0. The van der Waals surface area contributed by atoms with Crippen molar-refractivity contribution in [3.8, 4) is 0 Å². The molecular formula is C42H81N9O6S2. The van der Waals surface area contributed by atoms with E-state index in [0.29, 0.717) is 6.79 Å². The molecule has 342 valence electrons. The standard InChI is InChI=1S/C5H6.C4H4O2S.3C3H4N2.C3H3NO2.C3H4O2.C2H4N2S.8C2H6/c1-2-4-5-3-1;5-7(6)3-1-2-4-7;1-2-5-3-4-1;2*1-2-4-5-3-1;5-3-4-1-2-6-3;1-2-5-3-4-1;3-1-2-4-5;8*1-2/h1-4H,5H2;1-4H;1-3H,(H,4,5);1-2H,3H2;1-3H,(H,4,5);1-2H,(H,4,5);1-2H,3H2;1-3,5H;8*1-2H3. The first-order valence-corrected chi connectivity index (χ1v) is 22.0. The van der Waals surface area contributed by atoms with E-state index >= 15 is 0 Å². The van der Waals surface area contributed by atoms with E-state index in [1.165, 1.54) is 43.4 Å². The number of azo groups is 1. The molecule has 15 nitrogen and oxygen atoms in total. The lowest BCUT2D eigenvalue weighted by Crippen LogP contribution is -1.91. The van der Waals surface area contributed by atoms with Crippen LogP contribution in [0.4, 0.5) is 0 Å². The molecule has 0 atom stereocenters. The smallest absolute Gasteiger partial charge is 0.416 e. The molecule has 0 aromatic carbocycles. The number of hydrogen-bond acceptors (Lipinski definition) is 13. The maximum atomic E-state index is 10.3. The zero-order valence-electron chi connectivity index (χ0n) is 38.9. The molecule has 3 aliphatic heterocycles. The van der Waals surface area contributed by atoms with Crippen LogP contribution in [0.1, 0.15) is 117 Å². The summed E-state index contributed by atoms with van der Waals surface area (Å²) in [6.07, 6.45) is 32.7. The Balaban J connectivity index is -0.0000000661. The molecule has 6 heterocycles. The van der Waals surface area contributed by atoms with Crippen molar-refractivity contribution in [1.82, 2.24) is 25.1 Å². The Bertz CT molecular complexity index is 1280. The second-order valence-corrected chi connectivity index (χ2v) is 8.65. The molecule has 59 heavy (non-hydrogen) atoms. The van der Waals surface area contributed by atoms with Crippen LogP contribution in [0.2, 0.25) is 0 Å². The lowest BCUT2D eigenvalue weighted by molar-refractivity contribution is 0.0920. The lowest BCUT2D eigenvalue weighted by atomic mass is 10.5. The summed E-state index contributed by atoms with van der Waals surface area (Å²) in [5.74, 6) is -0.407. The molecule has 0 fully saturated rings. The molecule has 0 saturated carbocycles. The number of nitrogens with one attached hydrogen (secondary N) is 4. The number of H-pyrrole nitrogens is 3. The number of ether oxygens (including phenoxy) is 2. The Kier molecular flexibility index (Phi) is 113. The van der Waals surface area contributed by atoms with Gasteiger partial charge < -0.3 is 24.3 Å². The number of rotatable bonds is 1. The van der Waals surface area contributed by atoms with Crippen LogP contribution in [0.25, 0.3) is 0 Å². The van der Waals surface area contributed by atoms with Gasteiger partial charge in [0, 0.05) is 54.2 Å². The Hall–Kier alpha value is -5.29. The van der Waals surface area contributed by atoms with E-state index < -0.39 is 15.6 Å². The van der Waals surface area contributed by atoms with Gasteiger partial charge in [-0.15, -0.1) is 0 Å². The van der Waals surface area contributed by atoms with Gasteiger partial charge in [0.15, 0.2) is 9.84 Å². The summed E-state index contributed by atoms with van der Waals surface area (Å²) in [6, 6.07) is 1.83. The van der Waals surface area contributed by atoms with Gasteiger partial charge in [0.1, 0.15) is 18.8 Å². The highest BCUT2D eigenvalue weighted by atomic mass is 32.2. The van der Waals surface area contributed by atoms with Gasteiger partial charge in [0.05, 0.1) is 19.1 Å². The summed E-state index contributed by atoms with van der Waals surface area (Å²) < 4.78 is 37.0. The van der Waals surface area contributed by atoms with Gasteiger partial charge >= 0.3 is 5.76 Å². The average Bonchev–Trinajstić information content (AvgIpc) is 4.17. The summed E-state index contributed by atoms with van der Waals surface area (Å²) >= 11 is 3.42. The summed E-state index contributed by atoms with van der Waals surface area (Å²) in [5.41, 5.74) is 0. The van der Waals surface area contributed by atoms with Crippen molar-refractivity contribution in [1.29, 1.82) is 5.41 Å². The third-order valence-corrected chi connectivity index (χ3v) is 4.73. The van der Waals surface area contributed by atoms with Crippen molar-refractivity contribution in [3.05, 3.63) is 132 Å². The number of aromatic nitrogens is 5. The van der Waals surface area contributed by atoms with Crippen LogP contribution in [0.15, 0.2) is 146 Å². The maximum absolute atomic E-state index is 10.3. The van der Waals surface area contributed by atoms with Crippen molar-refractivity contribution < 1.29 is 22.3 Å². The molecule has 0 bridgehead atoms. The van der Waals surface area contributed by atoms with Gasteiger partial charge in [-0.1, -0.05) is 135 Å². The quantitative estimate of drug-likeness (QED) is 0.117. The Morgan fingerprint density at radius 2 is 1.31 bits per heavy atom. The van der Waals surface area contributed by atoms with E-state index in [0.717, 1.165) is 30.0 Å². The number of allylic oxidation sites excluding steroid dienone is 6. The molecule has 4 aliphatic rings. The molecule has 7 rings (SSSR count). The average molecular weight is 872 g/mol. The second-order valence-electron chi connectivity index (χ2n) is 6.70. The normalized spacial score (nSPS) is 11.1. The largest absolute Gasteiger partial charge is 0.462 e. The third kappa shape index (κ3) is 95.3. The minimum Gasteiger partial charge on any atom is -0.462 e. The summed E-state index contributed by atoms with van der Waals surface area (Å²) in [6.45, 7) is 33.2. The highest BCUT2D eigenvalue weighted by molar-refractivity contribution is 7.97. The van der Waals surface area contributed by atoms with Crippen LogP contribution in [-0.4, -0.2) is 59.3 Å². The van der Waals surface area contributed by atoms with Gasteiger partial charge in [-0.3, -0.25) is 10.1 Å². The Labute approximate surface area is 364 Å². The van der Waals surface area contributed by atoms with Crippen molar-refractivity contribution in [2.75, 3.05) is 13.3 Å². The van der Waals surface area contributed by atoms with E-state index in [-0.39, 0.29) is 0 Å². The predicted octanol–water partition coefficient (Wildman–Crippen LogP) is 12.9. The highest BCUT2D eigenvalue weighted by Gasteiger charge is 2.00. The van der Waals surface area contributed by atoms with Crippen LogP contribution in [0.5, 0.6) is 0 Å². The zero-order valence-corrected chi connectivity index (χ0v) is 40.6. The predicted molar refractivity (Wildman–Crippen MR) is 259 cm³/mol. The second kappa shape index (κ2) is 89.4. The number of hydrogen-bond donors (Lipinski definition) is 5. The van der Waals surface area contributed by atoms with Crippen LogP contribution in [-0.2, 0) is 19.3 Å². The fraction of sp³-hybridized carbons (Fsp3) is 0.452. The van der Waals surface area contributed by atoms with Crippen molar-refractivity contribution in [2.24, 2.45) is 14.6 Å². The van der Waals surface area contributed by atoms with Crippen molar-refractivity contribution in [2.45, 2.75) is 117 Å². The third-order valence-electron chi connectivity index (χ3n) is 3.53. The molecule has 0 amide bonds. The molecule has 3 aromatic rings. The van der Waals surface area contributed by atoms with Crippen LogP contribution >= 0.6 is 12.8 Å². The number of sulfone groups is 1. The van der Waals surface area contributed by atoms with E-state index in [4.69, 9.17) is 5.41 Å². The van der Waals surface area contributed by atoms with Crippen molar-refractivity contribution in [3.63, 3.8) is 0 Å². The molecule has 0 saturated heterocycles. The van der Waals surface area contributed by atoms with Gasteiger partial charge in [-0.05, 0) is 43.5 Å². The molecule has 4 N–H and O–H groups in total. The van der Waals surface area contributed by atoms with E-state index in [1.54, 1.807) is 37.3 Å². The van der Waals surface area contributed by atoms with Gasteiger partial charge in [0.2, 0.25) is 6.79 Å². The maximum Gasteiger partial charge on any atom is 0.416 e. The molecule has 0 unspecified atom stereocenters. The van der Waals surface area contributed by atoms with Crippen LogP contribution < -0.4 is 5.76 Å². The van der Waals surface area contributed by atoms with Crippen molar-refractivity contribution >= 4 is 35.1 Å². The number of aromatic amines is 3. The summed E-state index contributed by atoms with van der Waals surface area (Å²) in [4.78, 5) is 18.5. The summed E-state index contributed by atoms with van der Waals surface area (Å²) in [7, 11) is -2.91. The number of thiol groups is 1. The highest BCUT2D eigenvalue weighted by Crippen LogP contribution is 2.01. The fourth-order valence-electron chi connectivity index (χ4n) is 1.88. The monoisotopic (exact) mass is 872 g/mol. The first-order chi connectivity index (χ1) is 29.0. The fourth-order valence-corrected chi connectivity index (χ4v) is 2.65. The summed E-state index contributed by atoms with van der Waals surface area (Å²) in [5, 5.41) is 21.9. The number of oxazole rings is 1. The van der Waals surface area contributed by atoms with E-state index in [9.17, 15) is 13.2 Å². The molecule has 3 aromatic heterocycles. The Morgan fingerprint density at radius 1 is 0.763 bits per heavy atom. The topological polar surface area (TPSA) is 217 Å². The zero-order chi connectivity index (χ0) is 47.5. The van der Waals surface area contributed by atoms with E-state index in [1.807, 2.05) is 123 Å². The lowest BCUT2D eigenvalue weighted by Gasteiger charge is -1.82. The van der Waals surface area contributed by atoms with Gasteiger partial charge in [0.25, 0.3) is 0 Å². The molecule has 17 heteroatoms. The van der Waals surface area contributed by atoms with Crippen LogP contribution in [0, 0.1) is 5.41 Å².